The molecule has 2 aromatic carbocycles. The molecule has 2 N–H and O–H groups in total. The maximum absolute atomic E-state index is 12.3. The molecule has 1 saturated heterocycles. The highest BCUT2D eigenvalue weighted by Gasteiger charge is 2.21. The van der Waals surface area contributed by atoms with Crippen molar-refractivity contribution in [2.45, 2.75) is 25.7 Å². The van der Waals surface area contributed by atoms with E-state index in [0.29, 0.717) is 18.7 Å². The Morgan fingerprint density at radius 2 is 1.82 bits per heavy atom. The number of amides is 2. The molecule has 142 valence electrons. The molecule has 28 heavy (non-hydrogen) atoms. The number of anilines is 2. The SMILES string of the molecule is O=C(Cc1ccc(N2CCCC2=O)cc1)Nc1ccc(Cc2nn[nH]n2)cc1. The number of benzene rings is 2. The van der Waals surface area contributed by atoms with Crippen molar-refractivity contribution in [1.29, 1.82) is 0 Å². The summed E-state index contributed by atoms with van der Waals surface area (Å²) in [4.78, 5) is 25.9. The number of nitrogens with zero attached hydrogens (tertiary/aromatic N) is 4. The van der Waals surface area contributed by atoms with Crippen LogP contribution in [0.15, 0.2) is 48.5 Å². The van der Waals surface area contributed by atoms with Crippen molar-refractivity contribution in [3.05, 3.63) is 65.5 Å². The summed E-state index contributed by atoms with van der Waals surface area (Å²) in [5.74, 6) is 0.694. The number of carbonyl (C=O) groups excluding carboxylic acids is 2. The summed E-state index contributed by atoms with van der Waals surface area (Å²) in [5, 5.41) is 16.7. The van der Waals surface area contributed by atoms with Crippen LogP contribution >= 0.6 is 0 Å². The van der Waals surface area contributed by atoms with Crippen molar-refractivity contribution in [3.63, 3.8) is 0 Å². The molecular formula is C20H20N6O2. The second kappa shape index (κ2) is 7.99. The molecule has 2 amide bonds. The van der Waals surface area contributed by atoms with Gasteiger partial charge >= 0.3 is 0 Å². The monoisotopic (exact) mass is 376 g/mol. The number of tetrazole rings is 1. The lowest BCUT2D eigenvalue weighted by Crippen LogP contribution is -2.23. The van der Waals surface area contributed by atoms with E-state index in [1.165, 1.54) is 0 Å². The summed E-state index contributed by atoms with van der Waals surface area (Å²) in [6.45, 7) is 0.765. The molecule has 8 heteroatoms. The second-order valence-electron chi connectivity index (χ2n) is 6.74. The van der Waals surface area contributed by atoms with Crippen molar-refractivity contribution in [2.75, 3.05) is 16.8 Å². The van der Waals surface area contributed by atoms with Crippen LogP contribution in [-0.4, -0.2) is 39.0 Å². The van der Waals surface area contributed by atoms with Crippen LogP contribution in [-0.2, 0) is 22.4 Å². The molecule has 0 radical (unpaired) electrons. The van der Waals surface area contributed by atoms with E-state index in [2.05, 4.69) is 25.9 Å². The van der Waals surface area contributed by atoms with Crippen LogP contribution in [0.3, 0.4) is 0 Å². The number of carbonyl (C=O) groups is 2. The van der Waals surface area contributed by atoms with Gasteiger partial charge in [0.05, 0.1) is 6.42 Å². The van der Waals surface area contributed by atoms with Crippen molar-refractivity contribution < 1.29 is 9.59 Å². The van der Waals surface area contributed by atoms with Gasteiger partial charge in [0.25, 0.3) is 0 Å². The third-order valence-corrected chi connectivity index (χ3v) is 4.68. The first-order valence-electron chi connectivity index (χ1n) is 9.18. The fraction of sp³-hybridized carbons (Fsp3) is 0.250. The standard InChI is InChI=1S/C20H20N6O2/c27-19(13-15-5-9-17(10-6-15)26-11-1-2-20(26)28)21-16-7-3-14(4-8-16)12-18-22-24-25-23-18/h3-10H,1-2,11-13H2,(H,21,27)(H,22,23,24,25). The zero-order valence-corrected chi connectivity index (χ0v) is 15.3. The molecule has 1 aliphatic heterocycles. The zero-order valence-electron chi connectivity index (χ0n) is 15.3. The van der Waals surface area contributed by atoms with E-state index in [4.69, 9.17) is 0 Å². The molecule has 1 fully saturated rings. The van der Waals surface area contributed by atoms with Crippen molar-refractivity contribution in [2.24, 2.45) is 0 Å². The molecule has 8 nitrogen and oxygen atoms in total. The van der Waals surface area contributed by atoms with E-state index in [-0.39, 0.29) is 18.2 Å². The van der Waals surface area contributed by atoms with E-state index < -0.39 is 0 Å². The Hall–Kier alpha value is -3.55. The van der Waals surface area contributed by atoms with Crippen LogP contribution in [0.5, 0.6) is 0 Å². The average molecular weight is 376 g/mol. The lowest BCUT2D eigenvalue weighted by Gasteiger charge is -2.15. The third kappa shape index (κ3) is 4.22. The predicted molar refractivity (Wildman–Crippen MR) is 104 cm³/mol. The summed E-state index contributed by atoms with van der Waals surface area (Å²) >= 11 is 0. The van der Waals surface area contributed by atoms with E-state index in [1.54, 1.807) is 4.90 Å². The zero-order chi connectivity index (χ0) is 19.3. The summed E-state index contributed by atoms with van der Waals surface area (Å²) in [7, 11) is 0. The van der Waals surface area contributed by atoms with Gasteiger partial charge in [0.1, 0.15) is 0 Å². The van der Waals surface area contributed by atoms with Crippen LogP contribution in [0, 0.1) is 0 Å². The van der Waals surface area contributed by atoms with Crippen LogP contribution in [0.2, 0.25) is 0 Å². The van der Waals surface area contributed by atoms with Gasteiger partial charge < -0.3 is 10.2 Å². The smallest absolute Gasteiger partial charge is 0.228 e. The highest BCUT2D eigenvalue weighted by Crippen LogP contribution is 2.22. The molecule has 4 rings (SSSR count). The molecule has 0 bridgehead atoms. The molecule has 0 unspecified atom stereocenters. The van der Waals surface area contributed by atoms with Crippen LogP contribution in [0.25, 0.3) is 0 Å². The van der Waals surface area contributed by atoms with Crippen molar-refractivity contribution in [1.82, 2.24) is 20.6 Å². The number of aromatic nitrogens is 4. The number of nitrogens with one attached hydrogen (secondary N) is 2. The van der Waals surface area contributed by atoms with Crippen molar-refractivity contribution in [3.8, 4) is 0 Å². The van der Waals surface area contributed by atoms with Gasteiger partial charge in [-0.05, 0) is 41.8 Å². The predicted octanol–water partition coefficient (Wildman–Crippen LogP) is 2.10. The molecule has 0 atom stereocenters. The summed E-state index contributed by atoms with van der Waals surface area (Å²) in [6, 6.07) is 15.2. The summed E-state index contributed by atoms with van der Waals surface area (Å²) in [5.41, 5.74) is 3.57. The lowest BCUT2D eigenvalue weighted by molar-refractivity contribution is -0.117. The average Bonchev–Trinajstić information content (AvgIpc) is 3.36. The Labute approximate surface area is 162 Å². The van der Waals surface area contributed by atoms with Gasteiger partial charge in [0.15, 0.2) is 5.82 Å². The fourth-order valence-corrected chi connectivity index (χ4v) is 3.25. The Morgan fingerprint density at radius 3 is 2.46 bits per heavy atom. The van der Waals surface area contributed by atoms with Gasteiger partial charge in [-0.15, -0.1) is 10.2 Å². The minimum absolute atomic E-state index is 0.0871. The van der Waals surface area contributed by atoms with Crippen molar-refractivity contribution >= 4 is 23.2 Å². The Morgan fingerprint density at radius 1 is 1.07 bits per heavy atom. The van der Waals surface area contributed by atoms with Gasteiger partial charge in [0, 0.05) is 30.8 Å². The largest absolute Gasteiger partial charge is 0.326 e. The third-order valence-electron chi connectivity index (χ3n) is 4.68. The molecule has 0 spiro atoms. The minimum atomic E-state index is -0.0871. The summed E-state index contributed by atoms with van der Waals surface area (Å²) < 4.78 is 0. The van der Waals surface area contributed by atoms with E-state index in [9.17, 15) is 9.59 Å². The first-order chi connectivity index (χ1) is 13.7. The Balaban J connectivity index is 1.32. The molecule has 2 heterocycles. The van der Waals surface area contributed by atoms with Crippen LogP contribution in [0.4, 0.5) is 11.4 Å². The van der Waals surface area contributed by atoms with Gasteiger partial charge in [-0.3, -0.25) is 9.59 Å². The van der Waals surface area contributed by atoms with Gasteiger partial charge in [-0.1, -0.05) is 29.5 Å². The molecular weight excluding hydrogens is 356 g/mol. The maximum Gasteiger partial charge on any atom is 0.228 e. The molecule has 3 aromatic rings. The molecule has 1 aromatic heterocycles. The van der Waals surface area contributed by atoms with Gasteiger partial charge in [-0.25, -0.2) is 0 Å². The van der Waals surface area contributed by atoms with Crippen LogP contribution in [0.1, 0.15) is 29.8 Å². The first kappa shape index (κ1) is 17.8. The fourth-order valence-electron chi connectivity index (χ4n) is 3.25. The number of hydrogen-bond acceptors (Lipinski definition) is 5. The Kier molecular flexibility index (Phi) is 5.09. The summed E-state index contributed by atoms with van der Waals surface area (Å²) in [6.07, 6.45) is 2.37. The minimum Gasteiger partial charge on any atom is -0.326 e. The molecule has 0 saturated carbocycles. The van der Waals surface area contributed by atoms with Gasteiger partial charge in [-0.2, -0.15) is 5.21 Å². The number of hydrogen-bond donors (Lipinski definition) is 2. The molecule has 0 aliphatic carbocycles. The first-order valence-corrected chi connectivity index (χ1v) is 9.18. The highest BCUT2D eigenvalue weighted by atomic mass is 16.2. The quantitative estimate of drug-likeness (QED) is 0.686. The lowest BCUT2D eigenvalue weighted by atomic mass is 10.1. The van der Waals surface area contributed by atoms with Gasteiger partial charge in [0.2, 0.25) is 11.8 Å². The topological polar surface area (TPSA) is 104 Å². The highest BCUT2D eigenvalue weighted by molar-refractivity contribution is 5.95. The van der Waals surface area contributed by atoms with E-state index in [1.807, 2.05) is 48.5 Å². The number of aromatic amines is 1. The number of H-pyrrole nitrogens is 1. The van der Waals surface area contributed by atoms with E-state index in [0.717, 1.165) is 35.5 Å². The number of rotatable bonds is 6. The van der Waals surface area contributed by atoms with E-state index >= 15 is 0 Å². The molecule has 1 aliphatic rings. The Bertz CT molecular complexity index is 951. The van der Waals surface area contributed by atoms with Crippen LogP contribution < -0.4 is 10.2 Å². The normalized spacial score (nSPS) is 13.7. The maximum atomic E-state index is 12.3. The second-order valence-corrected chi connectivity index (χ2v) is 6.74.